The number of halogens is 1. The van der Waals surface area contributed by atoms with E-state index >= 15 is 0 Å². The second-order valence-electron chi connectivity index (χ2n) is 5.13. The molecule has 0 bridgehead atoms. The van der Waals surface area contributed by atoms with Crippen LogP contribution in [0.25, 0.3) is 11.3 Å². The zero-order chi connectivity index (χ0) is 16.1. The molecule has 0 saturated carbocycles. The number of likely N-dealkylation sites (N-methyl/N-ethyl adjacent to an activating group) is 1. The number of nitrogens with zero attached hydrogens (tertiary/aromatic N) is 2. The van der Waals surface area contributed by atoms with Gasteiger partial charge in [-0.15, -0.1) is 0 Å². The number of oxazole rings is 1. The van der Waals surface area contributed by atoms with Gasteiger partial charge in [-0.1, -0.05) is 23.7 Å². The molecule has 0 aliphatic heterocycles. The van der Waals surface area contributed by atoms with Crippen LogP contribution in [0.4, 0.5) is 0 Å². The Morgan fingerprint density at radius 2 is 2.18 bits per heavy atom. The molecule has 118 valence electrons. The Balaban J connectivity index is 1.99. The van der Waals surface area contributed by atoms with Crippen molar-refractivity contribution < 1.29 is 14.3 Å². The van der Waals surface area contributed by atoms with Crippen molar-refractivity contribution in [3.05, 3.63) is 41.4 Å². The summed E-state index contributed by atoms with van der Waals surface area (Å²) in [5, 5.41) is 9.65. The number of aromatic nitrogens is 1. The van der Waals surface area contributed by atoms with E-state index in [0.29, 0.717) is 23.1 Å². The first-order chi connectivity index (χ1) is 10.5. The van der Waals surface area contributed by atoms with Crippen LogP contribution in [-0.2, 0) is 11.2 Å². The third kappa shape index (κ3) is 3.87. The number of aliphatic hydroxyl groups excluding tert-OH is 1. The predicted octanol–water partition coefficient (Wildman–Crippen LogP) is 2.77. The van der Waals surface area contributed by atoms with Crippen molar-refractivity contribution in [2.75, 3.05) is 13.7 Å². The predicted molar refractivity (Wildman–Crippen MR) is 84.6 cm³/mol. The first-order valence-corrected chi connectivity index (χ1v) is 7.47. The van der Waals surface area contributed by atoms with Crippen LogP contribution in [0, 0.1) is 0 Å². The van der Waals surface area contributed by atoms with Crippen molar-refractivity contribution in [1.29, 1.82) is 0 Å². The van der Waals surface area contributed by atoms with Crippen LogP contribution < -0.4 is 0 Å². The summed E-state index contributed by atoms with van der Waals surface area (Å²) in [5.41, 5.74) is 0.778. The van der Waals surface area contributed by atoms with Gasteiger partial charge in [-0.05, 0) is 19.1 Å². The average molecular weight is 323 g/mol. The molecule has 6 heteroatoms. The lowest BCUT2D eigenvalue weighted by molar-refractivity contribution is -0.132. The fraction of sp³-hybridized carbons (Fsp3) is 0.375. The van der Waals surface area contributed by atoms with Gasteiger partial charge < -0.3 is 14.4 Å². The van der Waals surface area contributed by atoms with Crippen molar-refractivity contribution >= 4 is 17.5 Å². The van der Waals surface area contributed by atoms with E-state index in [-0.39, 0.29) is 25.0 Å². The fourth-order valence-electron chi connectivity index (χ4n) is 1.97. The van der Waals surface area contributed by atoms with Crippen LogP contribution in [0.5, 0.6) is 0 Å². The van der Waals surface area contributed by atoms with Gasteiger partial charge in [0.2, 0.25) is 5.91 Å². The highest BCUT2D eigenvalue weighted by Gasteiger charge is 2.16. The van der Waals surface area contributed by atoms with E-state index in [1.54, 1.807) is 26.2 Å². The quantitative estimate of drug-likeness (QED) is 0.888. The normalized spacial score (nSPS) is 12.2. The Kier molecular flexibility index (Phi) is 5.57. The van der Waals surface area contributed by atoms with Gasteiger partial charge in [-0.25, -0.2) is 4.98 Å². The molecule has 0 radical (unpaired) electrons. The second kappa shape index (κ2) is 7.42. The topological polar surface area (TPSA) is 66.6 Å². The molecule has 1 aromatic carbocycles. The molecule has 22 heavy (non-hydrogen) atoms. The minimum absolute atomic E-state index is 0.0564. The Morgan fingerprint density at radius 3 is 2.86 bits per heavy atom. The van der Waals surface area contributed by atoms with Gasteiger partial charge in [0.05, 0.1) is 23.9 Å². The van der Waals surface area contributed by atoms with Gasteiger partial charge in [0, 0.05) is 25.5 Å². The van der Waals surface area contributed by atoms with Crippen molar-refractivity contribution in [1.82, 2.24) is 9.88 Å². The van der Waals surface area contributed by atoms with Crippen LogP contribution in [0.1, 0.15) is 19.2 Å². The molecule has 1 heterocycles. The first-order valence-electron chi connectivity index (χ1n) is 7.09. The first kappa shape index (κ1) is 16.5. The third-order valence-corrected chi connectivity index (χ3v) is 3.89. The molecule has 1 amide bonds. The molecule has 0 saturated heterocycles. The van der Waals surface area contributed by atoms with Crippen LogP contribution in [0.15, 0.2) is 34.9 Å². The summed E-state index contributed by atoms with van der Waals surface area (Å²) in [6.45, 7) is 1.73. The van der Waals surface area contributed by atoms with Gasteiger partial charge >= 0.3 is 0 Å². The van der Waals surface area contributed by atoms with Crippen molar-refractivity contribution in [2.45, 2.75) is 25.8 Å². The zero-order valence-electron chi connectivity index (χ0n) is 12.6. The molecular formula is C16H19ClN2O3. The average Bonchev–Trinajstić information content (AvgIpc) is 3.00. The largest absolute Gasteiger partial charge is 0.441 e. The van der Waals surface area contributed by atoms with Crippen molar-refractivity contribution in [2.24, 2.45) is 0 Å². The summed E-state index contributed by atoms with van der Waals surface area (Å²) < 4.78 is 5.65. The molecule has 2 aromatic rings. The number of carbonyl (C=O) groups excluding carboxylic acids is 1. The molecule has 2 rings (SSSR count). The number of rotatable bonds is 6. The molecular weight excluding hydrogens is 304 g/mol. The highest BCUT2D eigenvalue weighted by molar-refractivity contribution is 6.33. The summed E-state index contributed by atoms with van der Waals surface area (Å²) in [7, 11) is 1.67. The lowest BCUT2D eigenvalue weighted by atomic mass is 10.2. The smallest absolute Gasteiger partial charge is 0.223 e. The zero-order valence-corrected chi connectivity index (χ0v) is 13.4. The Bertz CT molecular complexity index is 642. The molecule has 0 fully saturated rings. The van der Waals surface area contributed by atoms with Crippen LogP contribution in [0.3, 0.4) is 0 Å². The summed E-state index contributed by atoms with van der Waals surface area (Å²) in [4.78, 5) is 17.7. The molecule has 1 atom stereocenters. The fourth-order valence-corrected chi connectivity index (χ4v) is 2.20. The monoisotopic (exact) mass is 322 g/mol. The summed E-state index contributed by atoms with van der Waals surface area (Å²) in [6.07, 6.45) is 2.30. The standard InChI is InChI=1S/C16H19ClN2O3/c1-11(10-20)19(2)16(21)8-7-15-18-9-14(22-15)12-5-3-4-6-13(12)17/h3-6,9,11,20H,7-8,10H2,1-2H3. The van der Waals surface area contributed by atoms with Gasteiger partial charge in [0.15, 0.2) is 11.7 Å². The number of benzene rings is 1. The number of carbonyl (C=O) groups is 1. The molecule has 5 nitrogen and oxygen atoms in total. The number of aryl methyl sites for hydroxylation is 1. The molecule has 1 unspecified atom stereocenters. The second-order valence-corrected chi connectivity index (χ2v) is 5.54. The van der Waals surface area contributed by atoms with Crippen LogP contribution in [0.2, 0.25) is 5.02 Å². The van der Waals surface area contributed by atoms with Gasteiger partial charge in [-0.2, -0.15) is 0 Å². The van der Waals surface area contributed by atoms with E-state index in [1.165, 1.54) is 4.90 Å². The van der Waals surface area contributed by atoms with Crippen molar-refractivity contribution in [3.8, 4) is 11.3 Å². The van der Waals surface area contributed by atoms with E-state index in [9.17, 15) is 4.79 Å². The minimum Gasteiger partial charge on any atom is -0.441 e. The number of amides is 1. The van der Waals surface area contributed by atoms with Gasteiger partial charge in [0.25, 0.3) is 0 Å². The van der Waals surface area contributed by atoms with Crippen LogP contribution >= 0.6 is 11.6 Å². The Morgan fingerprint density at radius 1 is 1.45 bits per heavy atom. The lowest BCUT2D eigenvalue weighted by Crippen LogP contribution is -2.37. The number of aliphatic hydroxyl groups is 1. The number of hydrogen-bond acceptors (Lipinski definition) is 4. The van der Waals surface area contributed by atoms with Crippen molar-refractivity contribution in [3.63, 3.8) is 0 Å². The SMILES string of the molecule is CC(CO)N(C)C(=O)CCc1ncc(-c2ccccc2Cl)o1. The van der Waals surface area contributed by atoms with E-state index in [2.05, 4.69) is 4.98 Å². The third-order valence-electron chi connectivity index (χ3n) is 3.56. The van der Waals surface area contributed by atoms with E-state index in [4.69, 9.17) is 21.1 Å². The molecule has 1 N–H and O–H groups in total. The molecule has 0 aliphatic rings. The summed E-state index contributed by atoms with van der Waals surface area (Å²) in [5.74, 6) is 1.03. The maximum absolute atomic E-state index is 12.0. The Labute approximate surface area is 134 Å². The molecule has 0 spiro atoms. The Hall–Kier alpha value is -1.85. The molecule has 0 aliphatic carbocycles. The summed E-state index contributed by atoms with van der Waals surface area (Å²) in [6, 6.07) is 7.16. The van der Waals surface area contributed by atoms with Gasteiger partial charge in [0.1, 0.15) is 0 Å². The van der Waals surface area contributed by atoms with E-state index in [0.717, 1.165) is 5.56 Å². The molecule has 1 aromatic heterocycles. The highest BCUT2D eigenvalue weighted by Crippen LogP contribution is 2.28. The minimum atomic E-state index is -0.198. The van der Waals surface area contributed by atoms with Gasteiger partial charge in [-0.3, -0.25) is 4.79 Å². The van der Waals surface area contributed by atoms with E-state index in [1.807, 2.05) is 18.2 Å². The van der Waals surface area contributed by atoms with Crippen LogP contribution in [-0.4, -0.2) is 40.6 Å². The highest BCUT2D eigenvalue weighted by atomic mass is 35.5. The van der Waals surface area contributed by atoms with E-state index < -0.39 is 0 Å². The maximum Gasteiger partial charge on any atom is 0.223 e. The maximum atomic E-state index is 12.0. The lowest BCUT2D eigenvalue weighted by Gasteiger charge is -2.22. The number of hydrogen-bond donors (Lipinski definition) is 1. The summed E-state index contributed by atoms with van der Waals surface area (Å²) >= 11 is 6.12.